The molecule has 3 rings (SSSR count). The lowest BCUT2D eigenvalue weighted by atomic mass is 10.2. The van der Waals surface area contributed by atoms with Gasteiger partial charge >= 0.3 is 0 Å². The largest absolute Gasteiger partial charge is 0.496 e. The maximum Gasteiger partial charge on any atom is 0.291 e. The Morgan fingerprint density at radius 3 is 2.76 bits per heavy atom. The van der Waals surface area contributed by atoms with Crippen molar-refractivity contribution in [2.45, 2.75) is 13.5 Å². The molecule has 0 fully saturated rings. The SMILES string of the molecule is CCOc1ccc(OC)c(/C=N/NC(=O)c2ccn(Cc3ccc(Cl)cc3)n2)c1. The van der Waals surface area contributed by atoms with Crippen molar-refractivity contribution in [3.05, 3.63) is 76.6 Å². The molecule has 0 aliphatic heterocycles. The second-order valence-electron chi connectivity index (χ2n) is 6.06. The lowest BCUT2D eigenvalue weighted by Crippen LogP contribution is -2.18. The lowest BCUT2D eigenvalue weighted by Gasteiger charge is -2.08. The van der Waals surface area contributed by atoms with Crippen LogP contribution in [0.2, 0.25) is 5.02 Å². The monoisotopic (exact) mass is 412 g/mol. The van der Waals surface area contributed by atoms with E-state index in [0.717, 1.165) is 5.56 Å². The molecule has 2 aromatic carbocycles. The van der Waals surface area contributed by atoms with Crippen LogP contribution in [0, 0.1) is 0 Å². The number of carbonyl (C=O) groups excluding carboxylic acids is 1. The smallest absolute Gasteiger partial charge is 0.291 e. The highest BCUT2D eigenvalue weighted by Gasteiger charge is 2.09. The molecular formula is C21H21ClN4O3. The Bertz CT molecular complexity index is 999. The fraction of sp³-hybridized carbons (Fsp3) is 0.190. The molecule has 3 aromatic rings. The van der Waals surface area contributed by atoms with Gasteiger partial charge in [0.2, 0.25) is 0 Å². The van der Waals surface area contributed by atoms with E-state index in [-0.39, 0.29) is 5.69 Å². The Morgan fingerprint density at radius 2 is 2.03 bits per heavy atom. The van der Waals surface area contributed by atoms with Gasteiger partial charge in [-0.2, -0.15) is 10.2 Å². The molecule has 150 valence electrons. The van der Waals surface area contributed by atoms with Gasteiger partial charge in [0.15, 0.2) is 5.69 Å². The van der Waals surface area contributed by atoms with E-state index >= 15 is 0 Å². The van der Waals surface area contributed by atoms with Crippen LogP contribution in [0.4, 0.5) is 0 Å². The van der Waals surface area contributed by atoms with Crippen LogP contribution in [0.3, 0.4) is 0 Å². The van der Waals surface area contributed by atoms with Gasteiger partial charge in [-0.3, -0.25) is 9.48 Å². The number of halogens is 1. The molecule has 0 radical (unpaired) electrons. The summed E-state index contributed by atoms with van der Waals surface area (Å²) in [5.74, 6) is 0.914. The maximum atomic E-state index is 12.3. The topological polar surface area (TPSA) is 77.7 Å². The van der Waals surface area contributed by atoms with Gasteiger partial charge in [0, 0.05) is 16.8 Å². The van der Waals surface area contributed by atoms with E-state index in [1.54, 1.807) is 36.2 Å². The predicted octanol–water partition coefficient (Wildman–Crippen LogP) is 3.76. The fourth-order valence-corrected chi connectivity index (χ4v) is 2.76. The van der Waals surface area contributed by atoms with Crippen LogP contribution in [0.5, 0.6) is 11.5 Å². The van der Waals surface area contributed by atoms with Gasteiger partial charge in [-0.15, -0.1) is 0 Å². The molecule has 0 spiro atoms. The van der Waals surface area contributed by atoms with Gasteiger partial charge in [0.05, 0.1) is 26.5 Å². The molecule has 29 heavy (non-hydrogen) atoms. The Hall–Kier alpha value is -3.32. The number of methoxy groups -OCH3 is 1. The Kier molecular flexibility index (Phi) is 6.86. The Morgan fingerprint density at radius 1 is 1.24 bits per heavy atom. The van der Waals surface area contributed by atoms with Crippen molar-refractivity contribution in [3.63, 3.8) is 0 Å². The number of nitrogens with one attached hydrogen (secondary N) is 1. The van der Waals surface area contributed by atoms with Gasteiger partial charge < -0.3 is 9.47 Å². The number of nitrogens with zero attached hydrogens (tertiary/aromatic N) is 3. The zero-order valence-electron chi connectivity index (χ0n) is 16.1. The van der Waals surface area contributed by atoms with Crippen LogP contribution in [-0.2, 0) is 6.54 Å². The molecule has 1 aromatic heterocycles. The number of hydrazone groups is 1. The minimum atomic E-state index is -0.406. The second kappa shape index (κ2) is 9.75. The normalized spacial score (nSPS) is 10.9. The zero-order chi connectivity index (χ0) is 20.6. The number of carbonyl (C=O) groups is 1. The van der Waals surface area contributed by atoms with Gasteiger partial charge in [-0.25, -0.2) is 5.43 Å². The molecular weight excluding hydrogens is 392 g/mol. The standard InChI is InChI=1S/C21H21ClN4O3/c1-3-29-18-8-9-20(28-2)16(12-18)13-23-24-21(27)19-10-11-26(25-19)14-15-4-6-17(22)7-5-15/h4-13H,3,14H2,1-2H3,(H,24,27)/b23-13+. The van der Waals surface area contributed by atoms with E-state index in [2.05, 4.69) is 15.6 Å². The van der Waals surface area contributed by atoms with Crippen LogP contribution in [-0.4, -0.2) is 35.6 Å². The first-order valence-electron chi connectivity index (χ1n) is 9.01. The summed E-state index contributed by atoms with van der Waals surface area (Å²) in [6.45, 7) is 3.00. The van der Waals surface area contributed by atoms with E-state index in [1.165, 1.54) is 6.21 Å². The van der Waals surface area contributed by atoms with Gasteiger partial charge in [-0.1, -0.05) is 23.7 Å². The van der Waals surface area contributed by atoms with Crippen LogP contribution in [0.15, 0.2) is 59.8 Å². The van der Waals surface area contributed by atoms with Crippen molar-refractivity contribution in [3.8, 4) is 11.5 Å². The summed E-state index contributed by atoms with van der Waals surface area (Å²) in [5.41, 5.74) is 4.46. The summed E-state index contributed by atoms with van der Waals surface area (Å²) in [4.78, 5) is 12.3. The number of ether oxygens (including phenoxy) is 2. The number of amides is 1. The van der Waals surface area contributed by atoms with Gasteiger partial charge in [-0.05, 0) is 48.9 Å². The second-order valence-corrected chi connectivity index (χ2v) is 6.50. The zero-order valence-corrected chi connectivity index (χ0v) is 16.9. The summed E-state index contributed by atoms with van der Waals surface area (Å²) in [7, 11) is 1.57. The van der Waals surface area contributed by atoms with E-state index < -0.39 is 5.91 Å². The van der Waals surface area contributed by atoms with E-state index in [4.69, 9.17) is 21.1 Å². The molecule has 0 aliphatic rings. The summed E-state index contributed by atoms with van der Waals surface area (Å²) in [6, 6.07) is 14.5. The molecule has 0 bridgehead atoms. The van der Waals surface area contributed by atoms with Crippen molar-refractivity contribution in [1.82, 2.24) is 15.2 Å². The van der Waals surface area contributed by atoms with Crippen LogP contribution in [0.1, 0.15) is 28.5 Å². The molecule has 1 N–H and O–H groups in total. The van der Waals surface area contributed by atoms with E-state index in [0.29, 0.717) is 35.2 Å². The molecule has 8 heteroatoms. The molecule has 7 nitrogen and oxygen atoms in total. The average molecular weight is 413 g/mol. The highest BCUT2D eigenvalue weighted by molar-refractivity contribution is 6.30. The van der Waals surface area contributed by atoms with Crippen molar-refractivity contribution in [2.24, 2.45) is 5.10 Å². The third kappa shape index (κ3) is 5.58. The van der Waals surface area contributed by atoms with Gasteiger partial charge in [0.25, 0.3) is 5.91 Å². The quantitative estimate of drug-likeness (QED) is 0.451. The van der Waals surface area contributed by atoms with Crippen molar-refractivity contribution >= 4 is 23.7 Å². The van der Waals surface area contributed by atoms with Crippen LogP contribution in [0.25, 0.3) is 0 Å². The summed E-state index contributed by atoms with van der Waals surface area (Å²) in [5, 5.41) is 8.96. The fourth-order valence-electron chi connectivity index (χ4n) is 2.64. The summed E-state index contributed by atoms with van der Waals surface area (Å²) < 4.78 is 12.5. The van der Waals surface area contributed by atoms with Crippen molar-refractivity contribution in [1.29, 1.82) is 0 Å². The Balaban J connectivity index is 1.63. The van der Waals surface area contributed by atoms with Crippen LogP contribution >= 0.6 is 11.6 Å². The molecule has 0 aliphatic carbocycles. The number of benzene rings is 2. The number of rotatable bonds is 8. The number of hydrogen-bond donors (Lipinski definition) is 1. The highest BCUT2D eigenvalue weighted by Crippen LogP contribution is 2.22. The molecule has 0 atom stereocenters. The lowest BCUT2D eigenvalue weighted by molar-refractivity contribution is 0.0949. The Labute approximate surface area is 173 Å². The van der Waals surface area contributed by atoms with Crippen LogP contribution < -0.4 is 14.9 Å². The van der Waals surface area contributed by atoms with Gasteiger partial charge in [0.1, 0.15) is 11.5 Å². The highest BCUT2D eigenvalue weighted by atomic mass is 35.5. The molecule has 1 heterocycles. The minimum Gasteiger partial charge on any atom is -0.496 e. The molecule has 0 unspecified atom stereocenters. The first-order chi connectivity index (χ1) is 14.1. The number of aromatic nitrogens is 2. The maximum absolute atomic E-state index is 12.3. The first kappa shape index (κ1) is 20.4. The van der Waals surface area contributed by atoms with Crippen molar-refractivity contribution < 1.29 is 14.3 Å². The molecule has 1 amide bonds. The third-order valence-electron chi connectivity index (χ3n) is 4.01. The average Bonchev–Trinajstić information content (AvgIpc) is 3.19. The first-order valence-corrected chi connectivity index (χ1v) is 9.39. The minimum absolute atomic E-state index is 0.270. The molecule has 0 saturated carbocycles. The molecule has 0 saturated heterocycles. The summed E-state index contributed by atoms with van der Waals surface area (Å²) in [6.07, 6.45) is 3.24. The predicted molar refractivity (Wildman–Crippen MR) is 112 cm³/mol. The number of hydrogen-bond acceptors (Lipinski definition) is 5. The summed E-state index contributed by atoms with van der Waals surface area (Å²) >= 11 is 5.89. The van der Waals surface area contributed by atoms with E-state index in [1.807, 2.05) is 37.3 Å². The van der Waals surface area contributed by atoms with E-state index in [9.17, 15) is 4.79 Å². The van der Waals surface area contributed by atoms with Crippen molar-refractivity contribution in [2.75, 3.05) is 13.7 Å². The third-order valence-corrected chi connectivity index (χ3v) is 4.27.